The third-order valence-corrected chi connectivity index (χ3v) is 4.47. The summed E-state index contributed by atoms with van der Waals surface area (Å²) in [5.41, 5.74) is -1.18. The summed E-state index contributed by atoms with van der Waals surface area (Å²) in [4.78, 5) is 24.7. The maximum atomic E-state index is 14.4. The first-order valence-electron chi connectivity index (χ1n) is 9.68. The fraction of sp³-hybridized carbons (Fsp3) is 0.348. The average Bonchev–Trinajstić information content (AvgIpc) is 2.67. The number of benzene rings is 1. The minimum absolute atomic E-state index is 0.0872. The Morgan fingerprint density at radius 3 is 2.40 bits per heavy atom. The molecule has 0 saturated carbocycles. The maximum Gasteiger partial charge on any atom is 0.350 e. The second kappa shape index (κ2) is 10.4. The number of hydrogen-bond acceptors (Lipinski definition) is 4. The largest absolute Gasteiger partial charge is 0.405 e. The van der Waals surface area contributed by atoms with E-state index in [0.717, 1.165) is 36.0 Å². The Morgan fingerprint density at radius 2 is 1.83 bits per heavy atom. The number of aryl methyl sites for hydroxylation is 1. The molecule has 0 spiro atoms. The fourth-order valence-corrected chi connectivity index (χ4v) is 2.87. The Balaban J connectivity index is 2.32. The van der Waals surface area contributed by atoms with E-state index >= 15 is 0 Å². The lowest BCUT2D eigenvalue weighted by Gasteiger charge is -2.13. The third-order valence-electron chi connectivity index (χ3n) is 4.47. The summed E-state index contributed by atoms with van der Waals surface area (Å²) in [6.45, 7) is 5.29. The summed E-state index contributed by atoms with van der Waals surface area (Å²) in [7, 11) is 0. The monoisotopic (exact) mass is 412 g/mol. The van der Waals surface area contributed by atoms with Crippen molar-refractivity contribution < 1.29 is 18.3 Å². The second-order valence-electron chi connectivity index (χ2n) is 6.67. The number of halogens is 2. The molecule has 2 rings (SSSR count). The van der Waals surface area contributed by atoms with Crippen LogP contribution in [0.2, 0.25) is 0 Å². The van der Waals surface area contributed by atoms with E-state index in [4.69, 9.17) is 10.00 Å². The molecule has 30 heavy (non-hydrogen) atoms. The number of carbonyl (C=O) groups is 1. The van der Waals surface area contributed by atoms with Crippen molar-refractivity contribution in [1.29, 1.82) is 5.26 Å². The van der Waals surface area contributed by atoms with Gasteiger partial charge in [0.2, 0.25) is 5.88 Å². The van der Waals surface area contributed by atoms with Crippen LogP contribution in [0.3, 0.4) is 0 Å². The van der Waals surface area contributed by atoms with Gasteiger partial charge >= 0.3 is 5.97 Å². The number of carbonyl (C=O) groups excluding carboxylic acids is 1. The molecule has 1 heterocycles. The van der Waals surface area contributed by atoms with Crippen LogP contribution < -0.4 is 10.3 Å². The van der Waals surface area contributed by atoms with Crippen molar-refractivity contribution in [2.45, 2.75) is 53.0 Å². The van der Waals surface area contributed by atoms with Crippen molar-refractivity contribution in [2.24, 2.45) is 0 Å². The molecule has 0 N–H and O–H groups in total. The minimum Gasteiger partial charge on any atom is -0.405 e. The molecule has 2 aromatic rings. The van der Waals surface area contributed by atoms with Gasteiger partial charge in [-0.1, -0.05) is 31.6 Å². The topological polar surface area (TPSA) is 72.1 Å². The van der Waals surface area contributed by atoms with E-state index in [2.05, 4.69) is 18.8 Å². The highest BCUT2D eigenvalue weighted by Crippen LogP contribution is 2.20. The van der Waals surface area contributed by atoms with Gasteiger partial charge in [-0.2, -0.15) is 5.26 Å². The number of pyridine rings is 1. The average molecular weight is 412 g/mol. The lowest BCUT2D eigenvalue weighted by molar-refractivity contribution is 0.0708. The Kier molecular flexibility index (Phi) is 7.89. The van der Waals surface area contributed by atoms with Crippen LogP contribution in [0, 0.1) is 41.7 Å². The van der Waals surface area contributed by atoms with E-state index in [1.54, 1.807) is 13.0 Å². The van der Waals surface area contributed by atoms with Gasteiger partial charge in [-0.15, -0.1) is 0 Å². The van der Waals surface area contributed by atoms with Crippen LogP contribution in [0.4, 0.5) is 8.78 Å². The molecule has 0 radical (unpaired) electrons. The molecule has 7 heteroatoms. The molecule has 0 aliphatic carbocycles. The van der Waals surface area contributed by atoms with Gasteiger partial charge in [0.15, 0.2) is 0 Å². The molecule has 0 aliphatic rings. The number of unbranched alkanes of at least 4 members (excludes halogenated alkanes) is 3. The smallest absolute Gasteiger partial charge is 0.350 e. The van der Waals surface area contributed by atoms with E-state index in [1.165, 1.54) is 13.0 Å². The van der Waals surface area contributed by atoms with Gasteiger partial charge in [-0.25, -0.2) is 13.6 Å². The minimum atomic E-state index is -1.28. The van der Waals surface area contributed by atoms with Crippen LogP contribution >= 0.6 is 0 Å². The maximum absolute atomic E-state index is 14.4. The van der Waals surface area contributed by atoms with Crippen molar-refractivity contribution in [2.75, 3.05) is 0 Å². The standard InChI is InChI=1S/C23H22F2N2O3/c1-4-6-7-8-9-10-16-12-18(24)21(19(25)13-16)23(29)30-20-11-15(3)17(14-26)22(28)27(20)5-2/h11-13H,4-8H2,1-3H3. The van der Waals surface area contributed by atoms with Crippen LogP contribution in [0.5, 0.6) is 5.88 Å². The lowest BCUT2D eigenvalue weighted by Crippen LogP contribution is -2.26. The van der Waals surface area contributed by atoms with Crippen molar-refractivity contribution >= 4 is 5.97 Å². The highest BCUT2D eigenvalue weighted by molar-refractivity contribution is 5.91. The third kappa shape index (κ3) is 5.12. The lowest BCUT2D eigenvalue weighted by atomic mass is 10.1. The summed E-state index contributed by atoms with van der Waals surface area (Å²) in [5.74, 6) is 1.86. The molecule has 0 saturated heterocycles. The molecule has 5 nitrogen and oxygen atoms in total. The number of aromatic nitrogens is 1. The zero-order chi connectivity index (χ0) is 22.3. The van der Waals surface area contributed by atoms with Crippen LogP contribution in [-0.4, -0.2) is 10.5 Å². The van der Waals surface area contributed by atoms with Gasteiger partial charge in [0.25, 0.3) is 5.56 Å². The van der Waals surface area contributed by atoms with Gasteiger partial charge in [-0.3, -0.25) is 9.36 Å². The van der Waals surface area contributed by atoms with E-state index in [0.29, 0.717) is 12.0 Å². The van der Waals surface area contributed by atoms with Gasteiger partial charge in [-0.05, 0) is 38.0 Å². The molecule has 156 valence electrons. The van der Waals surface area contributed by atoms with Crippen molar-refractivity contribution in [3.63, 3.8) is 0 Å². The number of esters is 1. The molecule has 0 atom stereocenters. The Morgan fingerprint density at radius 1 is 1.17 bits per heavy atom. The second-order valence-corrected chi connectivity index (χ2v) is 6.67. The number of nitriles is 1. The Hall–Kier alpha value is -3.45. The first-order valence-corrected chi connectivity index (χ1v) is 9.68. The van der Waals surface area contributed by atoms with Crippen molar-refractivity contribution in [3.05, 3.63) is 62.4 Å². The predicted molar refractivity (Wildman–Crippen MR) is 108 cm³/mol. The zero-order valence-electron chi connectivity index (χ0n) is 17.1. The first-order chi connectivity index (χ1) is 14.3. The molecular formula is C23H22F2N2O3. The van der Waals surface area contributed by atoms with Gasteiger partial charge in [0.05, 0.1) is 0 Å². The Bertz CT molecular complexity index is 1100. The van der Waals surface area contributed by atoms with E-state index in [1.807, 2.05) is 0 Å². The van der Waals surface area contributed by atoms with Crippen molar-refractivity contribution in [1.82, 2.24) is 4.57 Å². The summed E-state index contributed by atoms with van der Waals surface area (Å²) < 4.78 is 35.0. The zero-order valence-corrected chi connectivity index (χ0v) is 17.1. The van der Waals surface area contributed by atoms with Gasteiger partial charge in [0.1, 0.15) is 28.8 Å². The molecule has 0 bridgehead atoms. The molecule has 1 aromatic heterocycles. The quantitative estimate of drug-likeness (QED) is 0.398. The van der Waals surface area contributed by atoms with Crippen molar-refractivity contribution in [3.8, 4) is 23.8 Å². The number of hydrogen-bond donors (Lipinski definition) is 0. The number of rotatable bonds is 6. The molecule has 1 aromatic carbocycles. The van der Waals surface area contributed by atoms with E-state index in [-0.39, 0.29) is 23.6 Å². The van der Waals surface area contributed by atoms with Crippen LogP contribution in [0.25, 0.3) is 0 Å². The SMILES string of the molecule is CCCCCC#Cc1cc(F)c(C(=O)Oc2cc(C)c(C#N)c(=O)n2CC)c(F)c1. The van der Waals surface area contributed by atoms with Crippen LogP contribution in [-0.2, 0) is 6.54 Å². The van der Waals surface area contributed by atoms with E-state index in [9.17, 15) is 18.4 Å². The Labute approximate surface area is 173 Å². The molecule has 0 unspecified atom stereocenters. The first kappa shape index (κ1) is 22.8. The number of ether oxygens (including phenoxy) is 1. The van der Waals surface area contributed by atoms with Gasteiger partial charge < -0.3 is 4.74 Å². The number of nitrogens with zero attached hydrogens (tertiary/aromatic N) is 2. The van der Waals surface area contributed by atoms with Gasteiger partial charge in [0, 0.05) is 24.6 Å². The summed E-state index contributed by atoms with van der Waals surface area (Å²) >= 11 is 0. The predicted octanol–water partition coefficient (Wildman–Crippen LogP) is 4.48. The highest BCUT2D eigenvalue weighted by Gasteiger charge is 2.23. The summed E-state index contributed by atoms with van der Waals surface area (Å²) in [6.07, 6.45) is 3.60. The highest BCUT2D eigenvalue weighted by atomic mass is 19.1. The molecule has 0 aliphatic heterocycles. The normalized spacial score (nSPS) is 10.1. The summed E-state index contributed by atoms with van der Waals surface area (Å²) in [6, 6.07) is 5.06. The van der Waals surface area contributed by atoms with E-state index < -0.39 is 28.7 Å². The van der Waals surface area contributed by atoms with Crippen LogP contribution in [0.15, 0.2) is 23.0 Å². The summed E-state index contributed by atoms with van der Waals surface area (Å²) in [5, 5.41) is 9.09. The molecule has 0 fully saturated rings. The molecule has 0 amide bonds. The van der Waals surface area contributed by atoms with Crippen LogP contribution in [0.1, 0.15) is 66.6 Å². The fourth-order valence-electron chi connectivity index (χ4n) is 2.87. The molecular weight excluding hydrogens is 390 g/mol.